The summed E-state index contributed by atoms with van der Waals surface area (Å²) in [6, 6.07) is 18.6. The summed E-state index contributed by atoms with van der Waals surface area (Å²) in [5.41, 5.74) is 2.74. The van der Waals surface area contributed by atoms with Crippen molar-refractivity contribution in [3.8, 4) is 5.75 Å². The van der Waals surface area contributed by atoms with Crippen molar-refractivity contribution in [3.05, 3.63) is 94.5 Å². The van der Waals surface area contributed by atoms with Gasteiger partial charge < -0.3 is 15.4 Å². The summed E-state index contributed by atoms with van der Waals surface area (Å²) in [6.45, 7) is 0.0177. The van der Waals surface area contributed by atoms with Crippen LogP contribution < -0.4 is 15.4 Å². The number of nitrogens with one attached hydrogen (secondary N) is 2. The molecule has 1 aliphatic heterocycles. The van der Waals surface area contributed by atoms with E-state index in [1.807, 2.05) is 0 Å². The van der Waals surface area contributed by atoms with Gasteiger partial charge in [0.2, 0.25) is 5.91 Å². The van der Waals surface area contributed by atoms with Crippen LogP contribution in [-0.4, -0.2) is 42.7 Å². The second-order valence-electron chi connectivity index (χ2n) is 7.74. The molecule has 0 aromatic heterocycles. The molecule has 0 spiro atoms. The Morgan fingerprint density at radius 2 is 1.56 bits per heavy atom. The minimum atomic E-state index is -0.439. The first-order valence-electron chi connectivity index (χ1n) is 10.6. The molecule has 1 aliphatic rings. The molecule has 4 rings (SSSR count). The van der Waals surface area contributed by atoms with E-state index in [0.717, 1.165) is 4.90 Å². The summed E-state index contributed by atoms with van der Waals surface area (Å²) in [5, 5.41) is 5.41. The van der Waals surface area contributed by atoms with Crippen LogP contribution in [0.4, 0.5) is 5.69 Å². The third-order valence-electron chi connectivity index (χ3n) is 5.62. The number of benzene rings is 3. The molecular formula is C26H23N3O5. The number of carbonyl (C=O) groups is 4. The van der Waals surface area contributed by atoms with E-state index < -0.39 is 5.91 Å². The molecule has 0 saturated carbocycles. The highest BCUT2D eigenvalue weighted by Gasteiger charge is 2.35. The fraction of sp³-hybridized carbons (Fsp3) is 0.154. The number of ether oxygens (including phenoxy) is 1. The first-order valence-corrected chi connectivity index (χ1v) is 10.6. The van der Waals surface area contributed by atoms with E-state index in [-0.39, 0.29) is 36.3 Å². The summed E-state index contributed by atoms with van der Waals surface area (Å²) in [4.78, 5) is 51.6. The normalized spacial score (nSPS) is 12.4. The van der Waals surface area contributed by atoms with Crippen molar-refractivity contribution < 1.29 is 23.9 Å². The first kappa shape index (κ1) is 22.7. The quantitative estimate of drug-likeness (QED) is 0.531. The van der Waals surface area contributed by atoms with E-state index in [2.05, 4.69) is 10.6 Å². The molecule has 0 fully saturated rings. The Hall–Kier alpha value is -4.46. The van der Waals surface area contributed by atoms with Gasteiger partial charge in [0.15, 0.2) is 0 Å². The number of hydrogen-bond donors (Lipinski definition) is 2. The van der Waals surface area contributed by atoms with Gasteiger partial charge in [0, 0.05) is 12.7 Å². The van der Waals surface area contributed by atoms with E-state index in [0.29, 0.717) is 33.7 Å². The zero-order valence-electron chi connectivity index (χ0n) is 18.8. The smallest absolute Gasteiger partial charge is 0.261 e. The van der Waals surface area contributed by atoms with Crippen molar-refractivity contribution in [2.75, 3.05) is 19.5 Å². The third-order valence-corrected chi connectivity index (χ3v) is 5.62. The second-order valence-corrected chi connectivity index (χ2v) is 7.74. The zero-order valence-corrected chi connectivity index (χ0v) is 18.8. The SMILES string of the molecule is CNC(=O)Cc1ccccc1NC(=O)c1cc(CN2C(=O)c3ccccc3C2=O)ccc1OC. The molecule has 0 aliphatic carbocycles. The number of likely N-dealkylation sites (N-methyl/N-ethyl adjacent to an activating group) is 1. The molecule has 8 heteroatoms. The Kier molecular flexibility index (Phi) is 6.40. The average Bonchev–Trinajstić information content (AvgIpc) is 3.10. The predicted octanol–water partition coefficient (Wildman–Crippen LogP) is 3.03. The van der Waals surface area contributed by atoms with Crippen LogP contribution in [-0.2, 0) is 17.8 Å². The van der Waals surface area contributed by atoms with E-state index in [4.69, 9.17) is 4.74 Å². The monoisotopic (exact) mass is 457 g/mol. The number of para-hydroxylation sites is 1. The maximum atomic E-state index is 13.2. The molecule has 3 aromatic rings. The molecule has 0 atom stereocenters. The van der Waals surface area contributed by atoms with Crippen molar-refractivity contribution in [1.82, 2.24) is 10.2 Å². The molecule has 34 heavy (non-hydrogen) atoms. The fourth-order valence-corrected chi connectivity index (χ4v) is 3.84. The zero-order chi connectivity index (χ0) is 24.2. The first-order chi connectivity index (χ1) is 16.4. The van der Waals surface area contributed by atoms with E-state index in [1.165, 1.54) is 7.11 Å². The molecule has 1 heterocycles. The van der Waals surface area contributed by atoms with Gasteiger partial charge in [-0.3, -0.25) is 24.1 Å². The van der Waals surface area contributed by atoms with Gasteiger partial charge in [-0.05, 0) is 41.5 Å². The van der Waals surface area contributed by atoms with Gasteiger partial charge in [0.25, 0.3) is 17.7 Å². The van der Waals surface area contributed by atoms with Crippen molar-refractivity contribution in [2.45, 2.75) is 13.0 Å². The van der Waals surface area contributed by atoms with Crippen LogP contribution in [0.3, 0.4) is 0 Å². The molecular weight excluding hydrogens is 434 g/mol. The van der Waals surface area contributed by atoms with E-state index in [9.17, 15) is 19.2 Å². The van der Waals surface area contributed by atoms with Gasteiger partial charge >= 0.3 is 0 Å². The highest BCUT2D eigenvalue weighted by atomic mass is 16.5. The largest absolute Gasteiger partial charge is 0.496 e. The van der Waals surface area contributed by atoms with Crippen LogP contribution in [0.15, 0.2) is 66.7 Å². The van der Waals surface area contributed by atoms with Gasteiger partial charge in [0.1, 0.15) is 5.75 Å². The van der Waals surface area contributed by atoms with Crippen LogP contribution >= 0.6 is 0 Å². The number of methoxy groups -OCH3 is 1. The lowest BCUT2D eigenvalue weighted by Crippen LogP contribution is -2.29. The Labute approximate surface area is 196 Å². The lowest BCUT2D eigenvalue weighted by atomic mass is 10.1. The number of amides is 4. The molecule has 4 amide bonds. The fourth-order valence-electron chi connectivity index (χ4n) is 3.84. The van der Waals surface area contributed by atoms with Crippen molar-refractivity contribution in [3.63, 3.8) is 0 Å². The number of imide groups is 1. The van der Waals surface area contributed by atoms with Gasteiger partial charge in [-0.25, -0.2) is 0 Å². The molecule has 8 nitrogen and oxygen atoms in total. The summed E-state index contributed by atoms with van der Waals surface area (Å²) in [5.74, 6) is -1.02. The number of nitrogens with zero attached hydrogens (tertiary/aromatic N) is 1. The topological polar surface area (TPSA) is 105 Å². The van der Waals surface area contributed by atoms with E-state index >= 15 is 0 Å². The highest BCUT2D eigenvalue weighted by molar-refractivity contribution is 6.21. The summed E-state index contributed by atoms with van der Waals surface area (Å²) in [6.07, 6.45) is 0.115. The van der Waals surface area contributed by atoms with Crippen LogP contribution in [0.1, 0.15) is 42.2 Å². The van der Waals surface area contributed by atoms with Gasteiger partial charge in [-0.2, -0.15) is 0 Å². The number of fused-ring (bicyclic) bond motifs is 1. The van der Waals surface area contributed by atoms with Crippen LogP contribution in [0.25, 0.3) is 0 Å². The average molecular weight is 457 g/mol. The van der Waals surface area contributed by atoms with Crippen LogP contribution in [0.5, 0.6) is 5.75 Å². The van der Waals surface area contributed by atoms with Crippen LogP contribution in [0, 0.1) is 0 Å². The number of hydrogen-bond acceptors (Lipinski definition) is 5. The van der Waals surface area contributed by atoms with E-state index in [1.54, 1.807) is 73.8 Å². The lowest BCUT2D eigenvalue weighted by molar-refractivity contribution is -0.119. The summed E-state index contributed by atoms with van der Waals surface area (Å²) >= 11 is 0. The Morgan fingerprint density at radius 3 is 2.21 bits per heavy atom. The summed E-state index contributed by atoms with van der Waals surface area (Å²) < 4.78 is 5.36. The Bertz CT molecular complexity index is 1270. The lowest BCUT2D eigenvalue weighted by Gasteiger charge is -2.16. The molecule has 0 unspecified atom stereocenters. The molecule has 0 saturated heterocycles. The molecule has 0 bridgehead atoms. The minimum absolute atomic E-state index is 0.0177. The number of rotatable bonds is 7. The maximum absolute atomic E-state index is 13.2. The van der Waals surface area contributed by atoms with Gasteiger partial charge in [-0.15, -0.1) is 0 Å². The predicted molar refractivity (Wildman–Crippen MR) is 126 cm³/mol. The van der Waals surface area contributed by atoms with Gasteiger partial charge in [0.05, 0.1) is 36.8 Å². The molecule has 172 valence electrons. The second kappa shape index (κ2) is 9.58. The summed E-state index contributed by atoms with van der Waals surface area (Å²) in [7, 11) is 3.00. The highest BCUT2D eigenvalue weighted by Crippen LogP contribution is 2.27. The van der Waals surface area contributed by atoms with Crippen molar-refractivity contribution in [1.29, 1.82) is 0 Å². The minimum Gasteiger partial charge on any atom is -0.496 e. The molecule has 3 aromatic carbocycles. The maximum Gasteiger partial charge on any atom is 0.261 e. The number of anilines is 1. The van der Waals surface area contributed by atoms with Crippen molar-refractivity contribution in [2.24, 2.45) is 0 Å². The Morgan fingerprint density at radius 1 is 0.912 bits per heavy atom. The third kappa shape index (κ3) is 4.38. The molecule has 2 N–H and O–H groups in total. The molecule has 0 radical (unpaired) electrons. The van der Waals surface area contributed by atoms with Crippen LogP contribution in [0.2, 0.25) is 0 Å². The Balaban J connectivity index is 1.58. The standard InChI is InChI=1S/C26H23N3O5/c1-27-23(30)14-17-7-3-6-10-21(17)28-24(31)20-13-16(11-12-22(20)34-2)15-29-25(32)18-8-4-5-9-19(18)26(29)33/h3-13H,14-15H2,1-2H3,(H,27,30)(H,28,31). The van der Waals surface area contributed by atoms with Gasteiger partial charge in [-0.1, -0.05) is 36.4 Å². The number of carbonyl (C=O) groups excluding carboxylic acids is 4. The van der Waals surface area contributed by atoms with Crippen molar-refractivity contribution >= 4 is 29.3 Å².